The van der Waals surface area contributed by atoms with Crippen LogP contribution in [0.3, 0.4) is 0 Å². The standard InChI is InChI=1S/C18H27N3O3/c1-13(14-3-2-9-20-12-14)11-18(23)21-15-4-6-16(7-5-15)24-10-8-17(19)22/h4-7,13-14,20H,2-3,8-12H2,1H3,(H2,19,22)(H,21,23). The van der Waals surface area contributed by atoms with Crippen LogP contribution in [0.4, 0.5) is 5.69 Å². The maximum atomic E-state index is 12.2. The van der Waals surface area contributed by atoms with Crippen LogP contribution in [0.15, 0.2) is 24.3 Å². The highest BCUT2D eigenvalue weighted by Crippen LogP contribution is 2.23. The molecule has 1 aliphatic rings. The Kier molecular flexibility index (Phi) is 7.06. The van der Waals surface area contributed by atoms with E-state index in [-0.39, 0.29) is 24.8 Å². The molecule has 2 rings (SSSR count). The number of ether oxygens (including phenoxy) is 1. The van der Waals surface area contributed by atoms with Crippen molar-refractivity contribution in [1.82, 2.24) is 5.32 Å². The Balaban J connectivity index is 1.75. The number of piperidine rings is 1. The molecular formula is C18H27N3O3. The number of benzene rings is 1. The molecule has 132 valence electrons. The fourth-order valence-corrected chi connectivity index (χ4v) is 2.94. The summed E-state index contributed by atoms with van der Waals surface area (Å²) in [4.78, 5) is 22.8. The van der Waals surface area contributed by atoms with E-state index in [2.05, 4.69) is 17.6 Å². The lowest BCUT2D eigenvalue weighted by molar-refractivity contribution is -0.119. The lowest BCUT2D eigenvalue weighted by Crippen LogP contribution is -2.34. The second-order valence-corrected chi connectivity index (χ2v) is 6.43. The maximum Gasteiger partial charge on any atom is 0.224 e. The highest BCUT2D eigenvalue weighted by atomic mass is 16.5. The quantitative estimate of drug-likeness (QED) is 0.677. The predicted molar refractivity (Wildman–Crippen MR) is 93.8 cm³/mol. The second kappa shape index (κ2) is 9.27. The molecule has 2 atom stereocenters. The van der Waals surface area contributed by atoms with Crippen LogP contribution in [-0.2, 0) is 9.59 Å². The van der Waals surface area contributed by atoms with E-state index in [1.165, 1.54) is 12.8 Å². The molecule has 2 amide bonds. The molecule has 0 saturated carbocycles. The monoisotopic (exact) mass is 333 g/mol. The lowest BCUT2D eigenvalue weighted by Gasteiger charge is -2.28. The molecule has 0 spiro atoms. The Morgan fingerprint density at radius 1 is 1.38 bits per heavy atom. The molecule has 0 radical (unpaired) electrons. The van der Waals surface area contributed by atoms with Gasteiger partial charge in [0.1, 0.15) is 5.75 Å². The van der Waals surface area contributed by atoms with Crippen LogP contribution >= 0.6 is 0 Å². The first kappa shape index (κ1) is 18.3. The molecule has 0 aromatic heterocycles. The summed E-state index contributed by atoms with van der Waals surface area (Å²) in [5.41, 5.74) is 5.81. The van der Waals surface area contributed by atoms with E-state index in [0.717, 1.165) is 18.8 Å². The van der Waals surface area contributed by atoms with E-state index >= 15 is 0 Å². The van der Waals surface area contributed by atoms with Gasteiger partial charge in [-0.1, -0.05) is 6.92 Å². The minimum Gasteiger partial charge on any atom is -0.493 e. The number of carbonyl (C=O) groups excluding carboxylic acids is 2. The van der Waals surface area contributed by atoms with Crippen molar-refractivity contribution in [3.8, 4) is 5.75 Å². The van der Waals surface area contributed by atoms with Crippen molar-refractivity contribution in [2.24, 2.45) is 17.6 Å². The van der Waals surface area contributed by atoms with Gasteiger partial charge >= 0.3 is 0 Å². The second-order valence-electron chi connectivity index (χ2n) is 6.43. The van der Waals surface area contributed by atoms with Crippen molar-refractivity contribution in [2.45, 2.75) is 32.6 Å². The predicted octanol–water partition coefficient (Wildman–Crippen LogP) is 1.91. The summed E-state index contributed by atoms with van der Waals surface area (Å²) in [5, 5.41) is 6.32. The van der Waals surface area contributed by atoms with Gasteiger partial charge in [0.15, 0.2) is 0 Å². The zero-order valence-corrected chi connectivity index (χ0v) is 14.2. The van der Waals surface area contributed by atoms with Gasteiger partial charge in [0, 0.05) is 12.1 Å². The molecule has 4 N–H and O–H groups in total. The van der Waals surface area contributed by atoms with Gasteiger partial charge in [0.25, 0.3) is 0 Å². The molecule has 0 bridgehead atoms. The number of primary amides is 1. The number of hydrogen-bond donors (Lipinski definition) is 3. The third-order valence-corrected chi connectivity index (χ3v) is 4.40. The summed E-state index contributed by atoms with van der Waals surface area (Å²) in [6.45, 7) is 4.50. The SMILES string of the molecule is CC(CC(=O)Nc1ccc(OCCC(N)=O)cc1)C1CCCNC1. The van der Waals surface area contributed by atoms with Gasteiger partial charge in [0.05, 0.1) is 13.0 Å². The fraction of sp³-hybridized carbons (Fsp3) is 0.556. The first-order chi connectivity index (χ1) is 11.5. The number of carbonyl (C=O) groups is 2. The molecule has 1 fully saturated rings. The van der Waals surface area contributed by atoms with E-state index in [1.54, 1.807) is 24.3 Å². The van der Waals surface area contributed by atoms with Crippen LogP contribution in [0.1, 0.15) is 32.6 Å². The van der Waals surface area contributed by atoms with Crippen molar-refractivity contribution < 1.29 is 14.3 Å². The van der Waals surface area contributed by atoms with Crippen LogP contribution < -0.4 is 21.1 Å². The molecule has 6 heteroatoms. The smallest absolute Gasteiger partial charge is 0.224 e. The molecule has 1 aromatic carbocycles. The maximum absolute atomic E-state index is 12.2. The van der Waals surface area contributed by atoms with Crippen molar-refractivity contribution in [1.29, 1.82) is 0 Å². The lowest BCUT2D eigenvalue weighted by atomic mass is 9.85. The van der Waals surface area contributed by atoms with Crippen LogP contribution in [0.25, 0.3) is 0 Å². The average molecular weight is 333 g/mol. The van der Waals surface area contributed by atoms with E-state index in [1.807, 2.05) is 0 Å². The molecule has 1 aliphatic heterocycles. The zero-order valence-electron chi connectivity index (χ0n) is 14.2. The van der Waals surface area contributed by atoms with Crippen molar-refractivity contribution in [3.63, 3.8) is 0 Å². The Bertz CT molecular complexity index is 539. The molecular weight excluding hydrogens is 306 g/mol. The highest BCUT2D eigenvalue weighted by molar-refractivity contribution is 5.90. The minimum absolute atomic E-state index is 0.0375. The zero-order chi connectivity index (χ0) is 17.4. The Morgan fingerprint density at radius 3 is 2.75 bits per heavy atom. The molecule has 24 heavy (non-hydrogen) atoms. The number of hydrogen-bond acceptors (Lipinski definition) is 4. The van der Waals surface area contributed by atoms with Gasteiger partial charge in [-0.3, -0.25) is 9.59 Å². The van der Waals surface area contributed by atoms with Gasteiger partial charge in [-0.05, 0) is 62.0 Å². The molecule has 1 heterocycles. The van der Waals surface area contributed by atoms with E-state index in [4.69, 9.17) is 10.5 Å². The number of anilines is 1. The summed E-state index contributed by atoms with van der Waals surface area (Å²) in [7, 11) is 0. The third kappa shape index (κ3) is 6.20. The van der Waals surface area contributed by atoms with Crippen molar-refractivity contribution >= 4 is 17.5 Å². The molecule has 2 unspecified atom stereocenters. The van der Waals surface area contributed by atoms with Crippen LogP contribution in [-0.4, -0.2) is 31.5 Å². The molecule has 0 aliphatic carbocycles. The summed E-state index contributed by atoms with van der Waals surface area (Å²) < 4.78 is 5.40. The van der Waals surface area contributed by atoms with Crippen molar-refractivity contribution in [3.05, 3.63) is 24.3 Å². The Hall–Kier alpha value is -2.08. The number of nitrogens with one attached hydrogen (secondary N) is 2. The molecule has 1 aromatic rings. The summed E-state index contributed by atoms with van der Waals surface area (Å²) in [6.07, 6.45) is 3.10. The Morgan fingerprint density at radius 2 is 2.12 bits per heavy atom. The van der Waals surface area contributed by atoms with Crippen molar-refractivity contribution in [2.75, 3.05) is 25.0 Å². The number of nitrogens with two attached hydrogens (primary N) is 1. The first-order valence-electron chi connectivity index (χ1n) is 8.56. The van der Waals surface area contributed by atoms with Crippen LogP contribution in [0.5, 0.6) is 5.75 Å². The summed E-state index contributed by atoms with van der Waals surface area (Å²) in [5.74, 6) is 1.24. The van der Waals surface area contributed by atoms with Gasteiger partial charge in [-0.15, -0.1) is 0 Å². The van der Waals surface area contributed by atoms with Gasteiger partial charge in [-0.2, -0.15) is 0 Å². The number of amides is 2. The molecule has 1 saturated heterocycles. The van der Waals surface area contributed by atoms with E-state index < -0.39 is 0 Å². The Labute approximate surface area is 143 Å². The minimum atomic E-state index is -0.388. The van der Waals surface area contributed by atoms with Crippen LogP contribution in [0, 0.1) is 11.8 Å². The van der Waals surface area contributed by atoms with Gasteiger partial charge < -0.3 is 21.1 Å². The number of rotatable bonds is 8. The topological polar surface area (TPSA) is 93.4 Å². The summed E-state index contributed by atoms with van der Waals surface area (Å²) >= 11 is 0. The van der Waals surface area contributed by atoms with E-state index in [0.29, 0.717) is 24.0 Å². The largest absolute Gasteiger partial charge is 0.493 e. The third-order valence-electron chi connectivity index (χ3n) is 4.40. The van der Waals surface area contributed by atoms with Gasteiger partial charge in [0.2, 0.25) is 11.8 Å². The normalized spacial score (nSPS) is 18.6. The molecule has 6 nitrogen and oxygen atoms in total. The van der Waals surface area contributed by atoms with Crippen LogP contribution in [0.2, 0.25) is 0 Å². The summed E-state index contributed by atoms with van der Waals surface area (Å²) in [6, 6.07) is 7.13. The van der Waals surface area contributed by atoms with Gasteiger partial charge in [-0.25, -0.2) is 0 Å². The first-order valence-corrected chi connectivity index (χ1v) is 8.56. The average Bonchev–Trinajstić information content (AvgIpc) is 2.57. The highest BCUT2D eigenvalue weighted by Gasteiger charge is 2.21. The fourth-order valence-electron chi connectivity index (χ4n) is 2.94. The van der Waals surface area contributed by atoms with E-state index in [9.17, 15) is 9.59 Å².